The molecule has 0 fully saturated rings. The molecule has 2 aromatic carbocycles. The molecule has 0 atom stereocenters. The van der Waals surface area contributed by atoms with Crippen LogP contribution in [0.2, 0.25) is 0 Å². The van der Waals surface area contributed by atoms with Crippen LogP contribution < -0.4 is 11.1 Å². The third-order valence-corrected chi connectivity index (χ3v) is 4.78. The van der Waals surface area contributed by atoms with Crippen LogP contribution in [0.4, 0.5) is 5.69 Å². The van der Waals surface area contributed by atoms with E-state index in [1.165, 1.54) is 11.8 Å². The molecule has 0 radical (unpaired) electrons. The molecule has 0 bridgehead atoms. The molecular formula is C17H15N5OS. The van der Waals surface area contributed by atoms with Crippen molar-refractivity contribution in [1.82, 2.24) is 20.3 Å². The lowest BCUT2D eigenvalue weighted by atomic mass is 10.1. The summed E-state index contributed by atoms with van der Waals surface area (Å²) in [5.41, 5.74) is 9.73. The highest BCUT2D eigenvalue weighted by Crippen LogP contribution is 2.34. The molecule has 1 amide bonds. The quantitative estimate of drug-likeness (QED) is 0.432. The Labute approximate surface area is 141 Å². The highest BCUT2D eigenvalue weighted by molar-refractivity contribution is 7.99. The van der Waals surface area contributed by atoms with Crippen molar-refractivity contribution < 1.29 is 4.79 Å². The van der Waals surface area contributed by atoms with Crippen LogP contribution in [0, 0.1) is 0 Å². The van der Waals surface area contributed by atoms with Crippen LogP contribution in [0.5, 0.6) is 0 Å². The number of anilines is 1. The molecule has 5 N–H and O–H groups in total. The highest BCUT2D eigenvalue weighted by Gasteiger charge is 2.14. The Hall–Kier alpha value is -2.93. The fourth-order valence-electron chi connectivity index (χ4n) is 2.69. The van der Waals surface area contributed by atoms with Gasteiger partial charge in [-0.2, -0.15) is 0 Å². The number of nitrogens with zero attached hydrogens (tertiary/aromatic N) is 1. The summed E-state index contributed by atoms with van der Waals surface area (Å²) in [5, 5.41) is 4.43. The molecule has 4 aromatic rings. The molecule has 0 unspecified atom stereocenters. The van der Waals surface area contributed by atoms with Gasteiger partial charge in [0.15, 0.2) is 5.16 Å². The van der Waals surface area contributed by atoms with Gasteiger partial charge in [-0.25, -0.2) is 4.98 Å². The zero-order valence-electron chi connectivity index (χ0n) is 12.9. The molecular weight excluding hydrogens is 322 g/mol. The SMILES string of the molecule is CNC(=O)c1cccc2c(Sc3nc4ccc(N)cc4[nH]3)c[nH]c12. The summed E-state index contributed by atoms with van der Waals surface area (Å²) in [4.78, 5) is 24.0. The Morgan fingerprint density at radius 3 is 3.00 bits per heavy atom. The average Bonchev–Trinajstić information content (AvgIpc) is 3.17. The Balaban J connectivity index is 1.75. The minimum Gasteiger partial charge on any atom is -0.399 e. The van der Waals surface area contributed by atoms with Gasteiger partial charge in [-0.15, -0.1) is 0 Å². The van der Waals surface area contributed by atoms with Crippen molar-refractivity contribution in [3.63, 3.8) is 0 Å². The van der Waals surface area contributed by atoms with Gasteiger partial charge >= 0.3 is 0 Å². The van der Waals surface area contributed by atoms with E-state index in [9.17, 15) is 4.79 Å². The first kappa shape index (κ1) is 14.6. The molecule has 0 saturated heterocycles. The van der Waals surface area contributed by atoms with Crippen LogP contribution in [0.25, 0.3) is 21.9 Å². The summed E-state index contributed by atoms with van der Waals surface area (Å²) in [6, 6.07) is 11.3. The summed E-state index contributed by atoms with van der Waals surface area (Å²) in [6.45, 7) is 0. The minimum atomic E-state index is -0.113. The zero-order valence-corrected chi connectivity index (χ0v) is 13.7. The van der Waals surface area contributed by atoms with Gasteiger partial charge in [0.1, 0.15) is 0 Å². The maximum atomic E-state index is 12.0. The number of amides is 1. The summed E-state index contributed by atoms with van der Waals surface area (Å²) in [7, 11) is 1.62. The number of para-hydroxylation sites is 1. The van der Waals surface area contributed by atoms with Gasteiger partial charge in [-0.1, -0.05) is 12.1 Å². The number of carbonyl (C=O) groups excluding carboxylic acids is 1. The Morgan fingerprint density at radius 1 is 1.29 bits per heavy atom. The normalized spacial score (nSPS) is 11.2. The monoisotopic (exact) mass is 337 g/mol. The number of aromatic amines is 2. The fraction of sp³-hybridized carbons (Fsp3) is 0.0588. The number of imidazole rings is 1. The topological polar surface area (TPSA) is 99.6 Å². The van der Waals surface area contributed by atoms with Crippen molar-refractivity contribution in [2.75, 3.05) is 12.8 Å². The first-order valence-electron chi connectivity index (χ1n) is 7.41. The predicted octanol–water partition coefficient (Wildman–Crippen LogP) is 3.14. The van der Waals surface area contributed by atoms with Gasteiger partial charge in [-0.05, 0) is 36.0 Å². The summed E-state index contributed by atoms with van der Waals surface area (Å²) < 4.78 is 0. The predicted molar refractivity (Wildman–Crippen MR) is 96.3 cm³/mol. The maximum absolute atomic E-state index is 12.0. The van der Waals surface area contributed by atoms with Crippen LogP contribution >= 0.6 is 11.8 Å². The maximum Gasteiger partial charge on any atom is 0.253 e. The van der Waals surface area contributed by atoms with Gasteiger partial charge in [0.25, 0.3) is 5.91 Å². The lowest BCUT2D eigenvalue weighted by molar-refractivity contribution is 0.0964. The summed E-state index contributed by atoms with van der Waals surface area (Å²) >= 11 is 1.51. The van der Waals surface area contributed by atoms with Crippen LogP contribution in [-0.2, 0) is 0 Å². The first-order valence-corrected chi connectivity index (χ1v) is 8.22. The molecule has 2 aromatic heterocycles. The molecule has 7 heteroatoms. The summed E-state index contributed by atoms with van der Waals surface area (Å²) in [6.07, 6.45) is 1.89. The van der Waals surface area contributed by atoms with Crippen molar-refractivity contribution in [3.8, 4) is 0 Å². The Kier molecular flexibility index (Phi) is 3.42. The van der Waals surface area contributed by atoms with Gasteiger partial charge in [0, 0.05) is 29.2 Å². The third kappa shape index (κ3) is 2.39. The van der Waals surface area contributed by atoms with E-state index in [4.69, 9.17) is 5.73 Å². The van der Waals surface area contributed by atoms with E-state index >= 15 is 0 Å². The van der Waals surface area contributed by atoms with Crippen molar-refractivity contribution in [3.05, 3.63) is 48.2 Å². The molecule has 120 valence electrons. The Morgan fingerprint density at radius 2 is 2.17 bits per heavy atom. The smallest absolute Gasteiger partial charge is 0.253 e. The standard InChI is InChI=1S/C17H15N5OS/c1-19-16(23)11-4-2-3-10-14(8-20-15(10)11)24-17-21-12-6-5-9(18)7-13(12)22-17/h2-8,20H,18H2,1H3,(H,19,23)(H,21,22). The van der Waals surface area contributed by atoms with Crippen molar-refractivity contribution in [1.29, 1.82) is 0 Å². The second kappa shape index (κ2) is 5.61. The number of carbonyl (C=O) groups is 1. The van der Waals surface area contributed by atoms with Crippen LogP contribution in [0.3, 0.4) is 0 Å². The lowest BCUT2D eigenvalue weighted by Gasteiger charge is -2.02. The van der Waals surface area contributed by atoms with Crippen molar-refractivity contribution in [2.24, 2.45) is 0 Å². The van der Waals surface area contributed by atoms with Crippen molar-refractivity contribution in [2.45, 2.75) is 10.1 Å². The highest BCUT2D eigenvalue weighted by atomic mass is 32.2. The second-order valence-corrected chi connectivity index (χ2v) is 6.41. The number of hydrogen-bond donors (Lipinski definition) is 4. The number of nitrogens with one attached hydrogen (secondary N) is 3. The second-order valence-electron chi connectivity index (χ2n) is 5.38. The molecule has 4 rings (SSSR count). The number of benzene rings is 2. The van der Waals surface area contributed by atoms with E-state index in [0.717, 1.165) is 32.0 Å². The molecule has 6 nitrogen and oxygen atoms in total. The molecule has 0 aliphatic rings. The number of fused-ring (bicyclic) bond motifs is 2. The molecule has 0 saturated carbocycles. The number of rotatable bonds is 3. The fourth-order valence-corrected chi connectivity index (χ4v) is 3.60. The van der Waals surface area contributed by atoms with Gasteiger partial charge in [0.2, 0.25) is 0 Å². The number of nitrogen functional groups attached to an aromatic ring is 1. The summed E-state index contributed by atoms with van der Waals surface area (Å²) in [5.74, 6) is -0.113. The van der Waals surface area contributed by atoms with Gasteiger partial charge < -0.3 is 21.0 Å². The van der Waals surface area contributed by atoms with E-state index in [-0.39, 0.29) is 5.91 Å². The number of nitrogens with two attached hydrogens (primary N) is 1. The zero-order chi connectivity index (χ0) is 16.7. The Bertz CT molecular complexity index is 1070. The van der Waals surface area contributed by atoms with Gasteiger partial charge in [-0.3, -0.25) is 4.79 Å². The van der Waals surface area contributed by atoms with E-state index < -0.39 is 0 Å². The largest absolute Gasteiger partial charge is 0.399 e. The number of hydrogen-bond acceptors (Lipinski definition) is 4. The lowest BCUT2D eigenvalue weighted by Crippen LogP contribution is -2.17. The molecule has 0 aliphatic carbocycles. The average molecular weight is 337 g/mol. The van der Waals surface area contributed by atoms with Crippen LogP contribution in [0.1, 0.15) is 10.4 Å². The van der Waals surface area contributed by atoms with E-state index in [0.29, 0.717) is 11.3 Å². The van der Waals surface area contributed by atoms with Crippen LogP contribution in [0.15, 0.2) is 52.6 Å². The third-order valence-electron chi connectivity index (χ3n) is 3.84. The van der Waals surface area contributed by atoms with E-state index in [1.807, 2.05) is 36.5 Å². The number of H-pyrrole nitrogens is 2. The number of aromatic nitrogens is 3. The van der Waals surface area contributed by atoms with E-state index in [1.54, 1.807) is 13.1 Å². The molecule has 0 spiro atoms. The van der Waals surface area contributed by atoms with Crippen LogP contribution in [-0.4, -0.2) is 27.9 Å². The van der Waals surface area contributed by atoms with E-state index in [2.05, 4.69) is 20.3 Å². The minimum absolute atomic E-state index is 0.113. The first-order chi connectivity index (χ1) is 11.7. The van der Waals surface area contributed by atoms with Crippen molar-refractivity contribution >= 4 is 45.3 Å². The molecule has 24 heavy (non-hydrogen) atoms. The molecule has 0 aliphatic heterocycles. The van der Waals surface area contributed by atoms with Gasteiger partial charge in [0.05, 0.1) is 22.1 Å². The molecule has 2 heterocycles.